The minimum absolute atomic E-state index is 0.0863. The predicted molar refractivity (Wildman–Crippen MR) is 94.7 cm³/mol. The van der Waals surface area contributed by atoms with Crippen molar-refractivity contribution in [1.29, 1.82) is 0 Å². The van der Waals surface area contributed by atoms with Crippen molar-refractivity contribution in [2.75, 3.05) is 19.8 Å². The number of rotatable bonds is 8. The van der Waals surface area contributed by atoms with Crippen LogP contribution in [0.1, 0.15) is 33.1 Å². The van der Waals surface area contributed by atoms with E-state index in [0.717, 1.165) is 12.8 Å². The molecule has 4 N–H and O–H groups in total. The Kier molecular flexibility index (Phi) is 7.38. The lowest BCUT2D eigenvalue weighted by atomic mass is 9.87. The molecule has 0 unspecified atom stereocenters. The number of carbonyl (C=O) groups is 2. The van der Waals surface area contributed by atoms with Crippen molar-refractivity contribution in [1.82, 2.24) is 16.0 Å². The first kappa shape index (κ1) is 20.2. The molecule has 3 atom stereocenters. The van der Waals surface area contributed by atoms with Gasteiger partial charge in [0.2, 0.25) is 0 Å². The molecule has 1 amide bonds. The molecule has 2 rings (SSSR count). The minimum Gasteiger partial charge on any atom is -0.478 e. The SMILES string of the molecule is CCC(CC)O[C@@H]1C=C(C(=O)O)C[C@H](NC2=NCCN2)[C@H]1NC(=O)CF. The van der Waals surface area contributed by atoms with Gasteiger partial charge in [-0.1, -0.05) is 13.8 Å². The molecule has 0 spiro atoms. The van der Waals surface area contributed by atoms with Crippen LogP contribution in [0.3, 0.4) is 0 Å². The van der Waals surface area contributed by atoms with Crippen molar-refractivity contribution in [2.45, 2.75) is 57.4 Å². The van der Waals surface area contributed by atoms with Crippen LogP contribution in [0.2, 0.25) is 0 Å². The Morgan fingerprint density at radius 1 is 1.46 bits per heavy atom. The predicted octanol–water partition coefficient (Wildman–Crippen LogP) is 0.347. The molecule has 0 bridgehead atoms. The summed E-state index contributed by atoms with van der Waals surface area (Å²) in [5.74, 6) is -1.25. The van der Waals surface area contributed by atoms with Crippen molar-refractivity contribution in [3.05, 3.63) is 11.6 Å². The molecule has 0 aromatic rings. The number of carboxylic acid groups (broad SMARTS) is 1. The average molecular weight is 370 g/mol. The molecule has 0 saturated carbocycles. The maximum absolute atomic E-state index is 12.8. The second kappa shape index (κ2) is 9.51. The normalized spacial score (nSPS) is 25.3. The highest BCUT2D eigenvalue weighted by molar-refractivity contribution is 5.88. The molecule has 0 aromatic carbocycles. The number of hydrogen-bond acceptors (Lipinski definition) is 6. The Morgan fingerprint density at radius 2 is 2.19 bits per heavy atom. The number of aliphatic imine (C=N–C) groups is 1. The largest absolute Gasteiger partial charge is 0.478 e. The zero-order chi connectivity index (χ0) is 19.1. The third-order valence-electron chi connectivity index (χ3n) is 4.57. The Hall–Kier alpha value is -2.16. The molecule has 2 aliphatic rings. The van der Waals surface area contributed by atoms with E-state index in [-0.39, 0.29) is 18.1 Å². The van der Waals surface area contributed by atoms with E-state index >= 15 is 0 Å². The minimum atomic E-state index is -1.14. The van der Waals surface area contributed by atoms with Crippen LogP contribution in [-0.2, 0) is 14.3 Å². The quantitative estimate of drug-likeness (QED) is 0.490. The van der Waals surface area contributed by atoms with E-state index in [1.165, 1.54) is 6.08 Å². The topological polar surface area (TPSA) is 112 Å². The number of aliphatic carboxylic acids is 1. The van der Waals surface area contributed by atoms with Gasteiger partial charge in [-0.05, 0) is 18.9 Å². The highest BCUT2D eigenvalue weighted by Gasteiger charge is 2.38. The maximum Gasteiger partial charge on any atom is 0.331 e. The monoisotopic (exact) mass is 370 g/mol. The average Bonchev–Trinajstić information content (AvgIpc) is 3.14. The number of halogens is 1. The number of nitrogens with zero attached hydrogens (tertiary/aromatic N) is 1. The lowest BCUT2D eigenvalue weighted by molar-refractivity contribution is -0.133. The van der Waals surface area contributed by atoms with E-state index in [0.29, 0.717) is 19.0 Å². The Balaban J connectivity index is 2.28. The first-order valence-corrected chi connectivity index (χ1v) is 8.98. The number of ether oxygens (including phenoxy) is 1. The summed E-state index contributed by atoms with van der Waals surface area (Å²) in [6.45, 7) is 4.11. The third kappa shape index (κ3) is 5.17. The molecule has 0 aromatic heterocycles. The van der Waals surface area contributed by atoms with Gasteiger partial charge < -0.3 is 25.8 Å². The summed E-state index contributed by atoms with van der Waals surface area (Å²) in [5, 5.41) is 18.3. The summed E-state index contributed by atoms with van der Waals surface area (Å²) in [6, 6.07) is -1.09. The zero-order valence-electron chi connectivity index (χ0n) is 15.1. The molecular weight excluding hydrogens is 343 g/mol. The summed E-state index contributed by atoms with van der Waals surface area (Å²) < 4.78 is 18.8. The van der Waals surface area contributed by atoms with Gasteiger partial charge in [-0.25, -0.2) is 9.18 Å². The van der Waals surface area contributed by atoms with Crippen LogP contribution >= 0.6 is 0 Å². The van der Waals surface area contributed by atoms with Crippen LogP contribution in [0.4, 0.5) is 4.39 Å². The van der Waals surface area contributed by atoms with E-state index in [9.17, 15) is 19.1 Å². The molecule has 1 aliphatic carbocycles. The second-order valence-electron chi connectivity index (χ2n) is 6.38. The Morgan fingerprint density at radius 3 is 2.73 bits per heavy atom. The molecule has 0 fully saturated rings. The van der Waals surface area contributed by atoms with Crippen LogP contribution in [0.15, 0.2) is 16.6 Å². The molecule has 8 nitrogen and oxygen atoms in total. The van der Waals surface area contributed by atoms with Gasteiger partial charge >= 0.3 is 5.97 Å². The smallest absolute Gasteiger partial charge is 0.331 e. The van der Waals surface area contributed by atoms with E-state index < -0.39 is 36.7 Å². The van der Waals surface area contributed by atoms with E-state index in [2.05, 4.69) is 20.9 Å². The molecule has 26 heavy (non-hydrogen) atoms. The van der Waals surface area contributed by atoms with E-state index in [1.54, 1.807) is 0 Å². The van der Waals surface area contributed by atoms with Gasteiger partial charge in [-0.2, -0.15) is 0 Å². The maximum atomic E-state index is 12.8. The molecule has 9 heteroatoms. The van der Waals surface area contributed by atoms with Gasteiger partial charge in [-0.15, -0.1) is 0 Å². The first-order valence-electron chi connectivity index (χ1n) is 8.98. The highest BCUT2D eigenvalue weighted by Crippen LogP contribution is 2.24. The number of carboxylic acids is 1. The summed E-state index contributed by atoms with van der Waals surface area (Å²) >= 11 is 0. The van der Waals surface area contributed by atoms with Gasteiger partial charge in [0.25, 0.3) is 5.91 Å². The Labute approximate surface area is 152 Å². The lowest BCUT2D eigenvalue weighted by Gasteiger charge is -2.38. The van der Waals surface area contributed by atoms with Gasteiger partial charge in [0.15, 0.2) is 12.6 Å². The molecule has 0 radical (unpaired) electrons. The van der Waals surface area contributed by atoms with Crippen molar-refractivity contribution in [2.24, 2.45) is 4.99 Å². The van der Waals surface area contributed by atoms with Crippen LogP contribution in [0.25, 0.3) is 0 Å². The number of carbonyl (C=O) groups excluding carboxylic acids is 1. The standard InChI is InChI=1S/C17H27FN4O4/c1-3-11(4-2)26-13-8-10(16(24)25)7-12(15(13)22-14(23)9-18)21-17-19-5-6-20-17/h8,11-13,15H,3-7,9H2,1-2H3,(H,22,23)(H,24,25)(H2,19,20,21)/t12-,13+,15+/m0/s1. The number of guanidine groups is 1. The van der Waals surface area contributed by atoms with Crippen molar-refractivity contribution >= 4 is 17.8 Å². The fraction of sp³-hybridized carbons (Fsp3) is 0.706. The van der Waals surface area contributed by atoms with Crippen molar-refractivity contribution in [3.63, 3.8) is 0 Å². The summed E-state index contributed by atoms with van der Waals surface area (Å²) in [4.78, 5) is 27.5. The fourth-order valence-electron chi connectivity index (χ4n) is 3.17. The van der Waals surface area contributed by atoms with Crippen LogP contribution in [0, 0.1) is 0 Å². The van der Waals surface area contributed by atoms with Gasteiger partial charge in [-0.3, -0.25) is 9.79 Å². The lowest BCUT2D eigenvalue weighted by Crippen LogP contribution is -2.61. The van der Waals surface area contributed by atoms with Crippen LogP contribution in [0.5, 0.6) is 0 Å². The fourth-order valence-corrected chi connectivity index (χ4v) is 3.17. The molecule has 1 heterocycles. The Bertz CT molecular complexity index is 577. The van der Waals surface area contributed by atoms with Crippen molar-refractivity contribution < 1.29 is 23.8 Å². The number of amides is 1. The van der Waals surface area contributed by atoms with Gasteiger partial charge in [0.1, 0.15) is 0 Å². The van der Waals surface area contributed by atoms with Crippen molar-refractivity contribution in [3.8, 4) is 0 Å². The summed E-state index contributed by atoms with van der Waals surface area (Å²) in [7, 11) is 0. The second-order valence-corrected chi connectivity index (χ2v) is 6.38. The van der Waals surface area contributed by atoms with Crippen LogP contribution in [-0.4, -0.2) is 67.0 Å². The molecular formula is C17H27FN4O4. The number of hydrogen-bond donors (Lipinski definition) is 4. The molecule has 1 aliphatic heterocycles. The van der Waals surface area contributed by atoms with E-state index in [4.69, 9.17) is 4.74 Å². The summed E-state index contributed by atoms with van der Waals surface area (Å²) in [6.07, 6.45) is 2.42. The third-order valence-corrected chi connectivity index (χ3v) is 4.57. The highest BCUT2D eigenvalue weighted by atomic mass is 19.1. The van der Waals surface area contributed by atoms with E-state index in [1.807, 2.05) is 13.8 Å². The van der Waals surface area contributed by atoms with Crippen LogP contribution < -0.4 is 16.0 Å². The zero-order valence-corrected chi connectivity index (χ0v) is 15.1. The molecule has 146 valence electrons. The summed E-state index contributed by atoms with van der Waals surface area (Å²) in [5.41, 5.74) is 0.197. The van der Waals surface area contributed by atoms with Gasteiger partial charge in [0, 0.05) is 18.5 Å². The number of nitrogens with one attached hydrogen (secondary N) is 3. The van der Waals surface area contributed by atoms with Gasteiger partial charge in [0.05, 0.1) is 30.8 Å². The number of alkyl halides is 1. The first-order chi connectivity index (χ1) is 12.5. The molecule has 0 saturated heterocycles.